The number of nitrogens with one attached hydrogen (secondary N) is 1. The van der Waals surface area contributed by atoms with Crippen LogP contribution >= 0.6 is 0 Å². The first-order valence-corrected chi connectivity index (χ1v) is 7.68. The third-order valence-corrected chi connectivity index (χ3v) is 4.32. The number of anilines is 1. The van der Waals surface area contributed by atoms with Gasteiger partial charge in [0.1, 0.15) is 5.69 Å². The molecule has 0 aliphatic rings. The summed E-state index contributed by atoms with van der Waals surface area (Å²) in [5, 5.41) is 13.3. The molecule has 0 unspecified atom stereocenters. The van der Waals surface area contributed by atoms with Crippen molar-refractivity contribution in [3.05, 3.63) is 28.3 Å². The molecule has 0 saturated heterocycles. The largest absolute Gasteiger partial charge is 0.522 e. The van der Waals surface area contributed by atoms with E-state index in [1.807, 2.05) is 0 Å². The predicted octanol–water partition coefficient (Wildman–Crippen LogP) is 2.34. The molecule has 11 heteroatoms. The average Bonchev–Trinajstić information content (AvgIpc) is 2.42. The maximum absolute atomic E-state index is 11.8. The van der Waals surface area contributed by atoms with Gasteiger partial charge in [-0.1, -0.05) is 6.92 Å². The van der Waals surface area contributed by atoms with E-state index in [1.54, 1.807) is 0 Å². The van der Waals surface area contributed by atoms with Gasteiger partial charge in [0, 0.05) is 12.6 Å². The summed E-state index contributed by atoms with van der Waals surface area (Å²) in [4.78, 5) is 9.90. The Balaban J connectivity index is 2.90. The lowest BCUT2D eigenvalue weighted by Crippen LogP contribution is -2.19. The fraction of sp³-hybridized carbons (Fsp3) is 0.455. The van der Waals surface area contributed by atoms with E-state index < -0.39 is 33.4 Å². The monoisotopic (exact) mass is 342 g/mol. The van der Waals surface area contributed by atoms with Crippen LogP contribution in [0.2, 0.25) is 0 Å². The van der Waals surface area contributed by atoms with Gasteiger partial charge in [-0.25, -0.2) is 8.42 Å². The van der Waals surface area contributed by atoms with Crippen molar-refractivity contribution in [2.45, 2.75) is 18.2 Å². The van der Waals surface area contributed by atoms with Gasteiger partial charge in [0.15, 0.2) is 9.84 Å². The maximum atomic E-state index is 11.8. The highest BCUT2D eigenvalue weighted by Crippen LogP contribution is 2.28. The van der Waals surface area contributed by atoms with E-state index in [9.17, 15) is 31.7 Å². The molecule has 0 aliphatic carbocycles. The summed E-state index contributed by atoms with van der Waals surface area (Å²) in [6, 6.07) is 3.15. The van der Waals surface area contributed by atoms with Crippen molar-refractivity contribution in [2.24, 2.45) is 0 Å². The molecule has 0 aliphatic heterocycles. The smallest absolute Gasteiger partial charge is 0.377 e. The van der Waals surface area contributed by atoms with E-state index in [0.717, 1.165) is 18.2 Å². The van der Waals surface area contributed by atoms with Crippen molar-refractivity contribution >= 4 is 21.2 Å². The van der Waals surface area contributed by atoms with Gasteiger partial charge in [0.2, 0.25) is 0 Å². The Morgan fingerprint density at radius 2 is 2.00 bits per heavy atom. The van der Waals surface area contributed by atoms with E-state index in [0.29, 0.717) is 0 Å². The fourth-order valence-electron chi connectivity index (χ4n) is 1.52. The molecule has 124 valence electrons. The number of hydrogen-bond acceptors (Lipinski definition) is 6. The predicted molar refractivity (Wildman–Crippen MR) is 71.3 cm³/mol. The van der Waals surface area contributed by atoms with Crippen molar-refractivity contribution in [3.8, 4) is 0 Å². The van der Waals surface area contributed by atoms with E-state index in [4.69, 9.17) is 0 Å². The minimum Gasteiger partial charge on any atom is -0.377 e. The number of nitro benzene ring substituents is 1. The molecule has 0 saturated carbocycles. The highest BCUT2D eigenvalue weighted by Gasteiger charge is 2.28. The molecule has 7 nitrogen and oxygen atoms in total. The van der Waals surface area contributed by atoms with Gasteiger partial charge in [-0.15, -0.1) is 13.2 Å². The van der Waals surface area contributed by atoms with Crippen molar-refractivity contribution in [2.75, 3.05) is 24.2 Å². The second-order valence-corrected chi connectivity index (χ2v) is 6.34. The Morgan fingerprint density at radius 3 is 2.50 bits per heavy atom. The number of nitrogens with zero attached hydrogens (tertiary/aromatic N) is 1. The van der Waals surface area contributed by atoms with Crippen molar-refractivity contribution in [1.29, 1.82) is 0 Å². The van der Waals surface area contributed by atoms with Crippen LogP contribution in [0.4, 0.5) is 24.5 Å². The lowest BCUT2D eigenvalue weighted by Gasteiger charge is -2.10. The standard InChI is InChI=1S/C11H13F3N2O5S/c1-2-22(19,20)8-3-4-9(10(7-8)16(17)18)15-5-6-21-11(12,13)14/h3-4,7,15H,2,5-6H2,1H3. The zero-order chi connectivity index (χ0) is 17.0. The molecule has 0 atom stereocenters. The third-order valence-electron chi connectivity index (χ3n) is 2.59. The Labute approximate surface area is 124 Å². The highest BCUT2D eigenvalue weighted by molar-refractivity contribution is 7.91. The maximum Gasteiger partial charge on any atom is 0.522 e. The SMILES string of the molecule is CCS(=O)(=O)c1ccc(NCCOC(F)(F)F)c([N+](=O)[O-])c1. The summed E-state index contributed by atoms with van der Waals surface area (Å²) in [6.07, 6.45) is -4.79. The summed E-state index contributed by atoms with van der Waals surface area (Å²) >= 11 is 0. The molecule has 22 heavy (non-hydrogen) atoms. The van der Waals surface area contributed by atoms with Crippen molar-refractivity contribution in [3.63, 3.8) is 0 Å². The minimum atomic E-state index is -4.79. The van der Waals surface area contributed by atoms with Gasteiger partial charge in [-0.05, 0) is 12.1 Å². The molecular formula is C11H13F3N2O5S. The molecule has 0 amide bonds. The first kappa shape index (κ1) is 18.2. The lowest BCUT2D eigenvalue weighted by molar-refractivity contribution is -0.384. The Kier molecular flexibility index (Phi) is 5.72. The number of ether oxygens (including phenoxy) is 1. The van der Waals surface area contributed by atoms with Crippen LogP contribution in [0.1, 0.15) is 6.92 Å². The minimum absolute atomic E-state index is 0.0918. The zero-order valence-corrected chi connectivity index (χ0v) is 12.2. The van der Waals surface area contributed by atoms with Gasteiger partial charge in [-0.3, -0.25) is 14.9 Å². The van der Waals surface area contributed by atoms with E-state index in [2.05, 4.69) is 10.1 Å². The topological polar surface area (TPSA) is 98.5 Å². The molecule has 1 aromatic carbocycles. The van der Waals surface area contributed by atoms with E-state index >= 15 is 0 Å². The first-order chi connectivity index (χ1) is 10.1. The van der Waals surface area contributed by atoms with Gasteiger partial charge < -0.3 is 5.32 Å². The Hall–Kier alpha value is -1.88. The van der Waals surface area contributed by atoms with Crippen LogP contribution in [0.25, 0.3) is 0 Å². The molecule has 0 fully saturated rings. The van der Waals surface area contributed by atoms with Crippen molar-refractivity contribution in [1.82, 2.24) is 0 Å². The molecular weight excluding hydrogens is 329 g/mol. The van der Waals surface area contributed by atoms with Crippen molar-refractivity contribution < 1.29 is 31.2 Å². The molecule has 0 radical (unpaired) electrons. The van der Waals surface area contributed by atoms with Gasteiger partial charge in [0.25, 0.3) is 5.69 Å². The number of alkyl halides is 3. The highest BCUT2D eigenvalue weighted by atomic mass is 32.2. The number of hydrogen-bond donors (Lipinski definition) is 1. The number of rotatable bonds is 7. The normalized spacial score (nSPS) is 12.2. The van der Waals surface area contributed by atoms with E-state index in [-0.39, 0.29) is 22.9 Å². The van der Waals surface area contributed by atoms with Crippen LogP contribution in [-0.2, 0) is 14.6 Å². The van der Waals surface area contributed by atoms with Crippen LogP contribution in [0.3, 0.4) is 0 Å². The average molecular weight is 342 g/mol. The number of sulfone groups is 1. The lowest BCUT2D eigenvalue weighted by atomic mass is 10.2. The van der Waals surface area contributed by atoms with Crippen LogP contribution < -0.4 is 5.32 Å². The number of nitro groups is 1. The Morgan fingerprint density at radius 1 is 1.36 bits per heavy atom. The molecule has 0 spiro atoms. The van der Waals surface area contributed by atoms with Gasteiger partial charge in [0.05, 0.1) is 22.2 Å². The molecule has 0 heterocycles. The molecule has 0 bridgehead atoms. The number of benzene rings is 1. The summed E-state index contributed by atoms with van der Waals surface area (Å²) in [6.45, 7) is 0.317. The second kappa shape index (κ2) is 6.92. The molecule has 0 aromatic heterocycles. The van der Waals surface area contributed by atoms with E-state index in [1.165, 1.54) is 6.92 Å². The van der Waals surface area contributed by atoms with Gasteiger partial charge in [-0.2, -0.15) is 0 Å². The van der Waals surface area contributed by atoms with Gasteiger partial charge >= 0.3 is 6.36 Å². The third kappa shape index (κ3) is 5.15. The quantitative estimate of drug-likeness (QED) is 0.464. The van der Waals surface area contributed by atoms with Crippen LogP contribution in [-0.4, -0.2) is 38.6 Å². The summed E-state index contributed by atoms with van der Waals surface area (Å²) in [5.74, 6) is -0.226. The summed E-state index contributed by atoms with van der Waals surface area (Å²) in [7, 11) is -3.62. The Bertz CT molecular complexity index is 646. The first-order valence-electron chi connectivity index (χ1n) is 6.02. The van der Waals surface area contributed by atoms with Crippen LogP contribution in [0.5, 0.6) is 0 Å². The zero-order valence-electron chi connectivity index (χ0n) is 11.4. The molecule has 1 N–H and O–H groups in total. The fourth-order valence-corrected chi connectivity index (χ4v) is 2.42. The van der Waals surface area contributed by atoms with Crippen LogP contribution in [0.15, 0.2) is 23.1 Å². The molecule has 1 aromatic rings. The second-order valence-electron chi connectivity index (χ2n) is 4.06. The van der Waals surface area contributed by atoms with Crippen LogP contribution in [0, 0.1) is 10.1 Å². The summed E-state index contributed by atoms with van der Waals surface area (Å²) in [5.41, 5.74) is -0.632. The summed E-state index contributed by atoms with van der Waals surface area (Å²) < 4.78 is 62.2. The molecule has 1 rings (SSSR count). The number of halogens is 3.